The molecule has 0 aromatic rings. The number of unbranched alkanes of at least 4 members (excludes halogenated alkanes) is 46. The molecule has 0 bridgehead atoms. The summed E-state index contributed by atoms with van der Waals surface area (Å²) in [6.45, 7) is 4.84. The van der Waals surface area contributed by atoms with Crippen LogP contribution in [0.1, 0.15) is 348 Å². The molecule has 0 spiro atoms. The third-order valence-corrected chi connectivity index (χ3v) is 17.0. The Morgan fingerprint density at radius 1 is 0.412 bits per heavy atom. The molecule has 3 unspecified atom stereocenters. The Kier molecular flexibility index (Phi) is 60.8. The van der Waals surface area contributed by atoms with E-state index in [0.717, 1.165) is 44.9 Å². The van der Waals surface area contributed by atoms with Crippen molar-refractivity contribution in [2.24, 2.45) is 0 Å². The Labute approximate surface area is 499 Å². The number of likely N-dealkylation sites (N-methyl/N-ethyl adjacent to an activating group) is 1. The second-order valence-corrected chi connectivity index (χ2v) is 26.7. The molecule has 0 aliphatic rings. The maximum atomic E-state index is 13.0. The first kappa shape index (κ1) is 78.5. The summed E-state index contributed by atoms with van der Waals surface area (Å²) in [7, 11) is 1.56. The molecule has 0 aromatic heterocycles. The highest BCUT2D eigenvalue weighted by atomic mass is 31.2. The minimum atomic E-state index is -4.37. The lowest BCUT2D eigenvalue weighted by Crippen LogP contribution is -2.45. The van der Waals surface area contributed by atoms with Crippen LogP contribution in [0.15, 0.2) is 48.6 Å². The average Bonchev–Trinajstić information content (AvgIpc) is 3.42. The van der Waals surface area contributed by atoms with E-state index >= 15 is 0 Å². The molecule has 0 rings (SSSR count). The monoisotopic (exact) mass is 1150 g/mol. The van der Waals surface area contributed by atoms with Crippen LogP contribution < -0.4 is 5.32 Å². The van der Waals surface area contributed by atoms with Gasteiger partial charge < -0.3 is 19.8 Å². The van der Waals surface area contributed by atoms with Crippen LogP contribution in [0.2, 0.25) is 0 Å². The van der Waals surface area contributed by atoms with Crippen LogP contribution in [-0.4, -0.2) is 73.4 Å². The lowest BCUT2D eigenvalue weighted by molar-refractivity contribution is -0.870. The van der Waals surface area contributed by atoms with Crippen molar-refractivity contribution in [1.82, 2.24) is 5.32 Å². The molecule has 0 aliphatic heterocycles. The van der Waals surface area contributed by atoms with Crippen molar-refractivity contribution < 1.29 is 32.9 Å². The maximum absolute atomic E-state index is 13.0. The van der Waals surface area contributed by atoms with E-state index < -0.39 is 20.0 Å². The Balaban J connectivity index is 4.12. The van der Waals surface area contributed by atoms with Crippen LogP contribution in [0, 0.1) is 0 Å². The van der Waals surface area contributed by atoms with Gasteiger partial charge in [0.15, 0.2) is 0 Å². The summed E-state index contributed by atoms with van der Waals surface area (Å²) in [5.41, 5.74) is 0. The summed E-state index contributed by atoms with van der Waals surface area (Å²) in [5, 5.41) is 14.0. The molecule has 472 valence electrons. The lowest BCUT2D eigenvalue weighted by atomic mass is 10.0. The standard InChI is InChI=1S/C71H137N2O6P/c1-6-8-10-12-14-16-18-20-22-24-26-28-30-32-34-36-38-40-42-44-46-48-50-52-54-56-58-60-62-64-70(74)69(68-79-80(76,77)78-67-66-73(3,4)5)72-71(75)65-63-61-59-57-55-53-51-49-47-45-43-41-39-37-35-33-31-29-27-25-23-21-19-17-15-13-11-9-7-2/h25,27,46,48,54,56,62,64,69-70,74H,6-24,26,28-45,47,49-53,55,57-61,63,65-68H2,1-5H3,(H-,72,75,76,77)/p+1/b27-25-,48-46+,56-54+,64-62+. The van der Waals surface area contributed by atoms with Gasteiger partial charge in [0.05, 0.1) is 39.9 Å². The molecule has 8 nitrogen and oxygen atoms in total. The zero-order valence-electron chi connectivity index (χ0n) is 54.1. The van der Waals surface area contributed by atoms with Gasteiger partial charge in [-0.1, -0.05) is 319 Å². The Morgan fingerprint density at radius 2 is 0.688 bits per heavy atom. The van der Waals surface area contributed by atoms with Crippen molar-refractivity contribution >= 4 is 13.7 Å². The number of hydrogen-bond acceptors (Lipinski definition) is 5. The zero-order chi connectivity index (χ0) is 58.4. The predicted molar refractivity (Wildman–Crippen MR) is 351 cm³/mol. The van der Waals surface area contributed by atoms with Crippen LogP contribution in [0.5, 0.6) is 0 Å². The van der Waals surface area contributed by atoms with E-state index in [1.807, 2.05) is 27.2 Å². The molecule has 0 heterocycles. The summed E-state index contributed by atoms with van der Waals surface area (Å²) in [6, 6.07) is -0.871. The van der Waals surface area contributed by atoms with E-state index in [4.69, 9.17) is 9.05 Å². The van der Waals surface area contributed by atoms with Gasteiger partial charge in [0, 0.05) is 6.42 Å². The molecule has 3 N–H and O–H groups in total. The number of allylic oxidation sites excluding steroid dienone is 7. The first-order valence-corrected chi connectivity index (χ1v) is 36.5. The number of phosphoric acid groups is 1. The molecular formula is C71H138N2O6P+. The Bertz CT molecular complexity index is 1440. The quantitative estimate of drug-likeness (QED) is 0.0243. The zero-order valence-corrected chi connectivity index (χ0v) is 55.0. The number of phosphoric ester groups is 1. The number of hydrogen-bond donors (Lipinski definition) is 3. The SMILES string of the molecule is CCCCCCCCCC/C=C\CCCCCCCCCCCCCCCCCCCC(=O)NC(COP(=O)(O)OCC[N+](C)(C)C)C(O)/C=C/CC/C=C/CC/C=C/CCCCCCCCCCCCCCCCCCCCC. The summed E-state index contributed by atoms with van der Waals surface area (Å²) in [4.78, 5) is 23.4. The molecule has 1 amide bonds. The number of amides is 1. The highest BCUT2D eigenvalue weighted by Crippen LogP contribution is 2.43. The van der Waals surface area contributed by atoms with Crippen molar-refractivity contribution in [1.29, 1.82) is 0 Å². The van der Waals surface area contributed by atoms with Crippen LogP contribution >= 0.6 is 7.82 Å². The number of carbonyl (C=O) groups excluding carboxylic acids is 1. The van der Waals surface area contributed by atoms with Crippen molar-refractivity contribution in [2.45, 2.75) is 360 Å². The van der Waals surface area contributed by atoms with Crippen molar-refractivity contribution in [2.75, 3.05) is 40.9 Å². The lowest BCUT2D eigenvalue weighted by Gasteiger charge is -2.25. The molecule has 0 saturated heterocycles. The maximum Gasteiger partial charge on any atom is 0.472 e. The molecule has 0 saturated carbocycles. The molecule has 0 aromatic carbocycles. The number of aliphatic hydroxyl groups is 1. The highest BCUT2D eigenvalue weighted by molar-refractivity contribution is 7.47. The highest BCUT2D eigenvalue weighted by Gasteiger charge is 2.28. The third kappa shape index (κ3) is 64.0. The van der Waals surface area contributed by atoms with Crippen LogP contribution in [0.25, 0.3) is 0 Å². The van der Waals surface area contributed by atoms with Crippen molar-refractivity contribution in [3.05, 3.63) is 48.6 Å². The fraction of sp³-hybridized carbons (Fsp3) is 0.873. The van der Waals surface area contributed by atoms with E-state index in [0.29, 0.717) is 17.4 Å². The molecular weight excluding hydrogens is 1010 g/mol. The number of nitrogens with zero attached hydrogens (tertiary/aromatic N) is 1. The topological polar surface area (TPSA) is 105 Å². The molecule has 0 aliphatic carbocycles. The summed E-state index contributed by atoms with van der Waals surface area (Å²) in [5.74, 6) is -0.185. The summed E-state index contributed by atoms with van der Waals surface area (Å²) >= 11 is 0. The molecule has 0 radical (unpaired) electrons. The largest absolute Gasteiger partial charge is 0.472 e. The summed E-state index contributed by atoms with van der Waals surface area (Å²) < 4.78 is 23.8. The van der Waals surface area contributed by atoms with Gasteiger partial charge in [-0.05, 0) is 70.6 Å². The van der Waals surface area contributed by atoms with Gasteiger partial charge in [-0.15, -0.1) is 0 Å². The van der Waals surface area contributed by atoms with Gasteiger partial charge in [0.1, 0.15) is 13.2 Å². The number of nitrogens with one attached hydrogen (secondary N) is 1. The average molecular weight is 1150 g/mol. The van der Waals surface area contributed by atoms with Crippen molar-refractivity contribution in [3.63, 3.8) is 0 Å². The minimum Gasteiger partial charge on any atom is -0.387 e. The number of carbonyl (C=O) groups is 1. The van der Waals surface area contributed by atoms with E-state index in [1.54, 1.807) is 6.08 Å². The Morgan fingerprint density at radius 3 is 1.00 bits per heavy atom. The normalized spacial score (nSPS) is 13.9. The first-order chi connectivity index (χ1) is 39.0. The van der Waals surface area contributed by atoms with Gasteiger partial charge in [-0.3, -0.25) is 13.8 Å². The molecule has 9 heteroatoms. The van der Waals surface area contributed by atoms with Crippen LogP contribution in [-0.2, 0) is 18.4 Å². The number of aliphatic hydroxyl groups excluding tert-OH is 1. The van der Waals surface area contributed by atoms with Crippen LogP contribution in [0.4, 0.5) is 0 Å². The van der Waals surface area contributed by atoms with Crippen molar-refractivity contribution in [3.8, 4) is 0 Å². The van der Waals surface area contributed by atoms with Gasteiger partial charge in [0.2, 0.25) is 5.91 Å². The van der Waals surface area contributed by atoms with Gasteiger partial charge in [0.25, 0.3) is 0 Å². The van der Waals surface area contributed by atoms with Gasteiger partial charge >= 0.3 is 7.82 Å². The smallest absolute Gasteiger partial charge is 0.387 e. The molecule has 80 heavy (non-hydrogen) atoms. The Hall–Kier alpha value is -1.54. The van der Waals surface area contributed by atoms with E-state index in [9.17, 15) is 19.4 Å². The van der Waals surface area contributed by atoms with E-state index in [1.165, 1.54) is 283 Å². The first-order valence-electron chi connectivity index (χ1n) is 35.0. The van der Waals surface area contributed by atoms with E-state index in [-0.39, 0.29) is 19.1 Å². The van der Waals surface area contributed by atoms with Gasteiger partial charge in [-0.2, -0.15) is 0 Å². The molecule has 0 fully saturated rings. The second kappa shape index (κ2) is 62.0. The molecule has 3 atom stereocenters. The fourth-order valence-electron chi connectivity index (χ4n) is 10.5. The van der Waals surface area contributed by atoms with Crippen LogP contribution in [0.3, 0.4) is 0 Å². The third-order valence-electron chi connectivity index (χ3n) is 16.0. The number of rotatable bonds is 65. The number of quaternary nitrogens is 1. The second-order valence-electron chi connectivity index (χ2n) is 25.2. The van der Waals surface area contributed by atoms with E-state index in [2.05, 4.69) is 55.6 Å². The minimum absolute atomic E-state index is 0.0542. The summed E-state index contributed by atoms with van der Waals surface area (Å²) in [6.07, 6.45) is 84.1. The van der Waals surface area contributed by atoms with Gasteiger partial charge in [-0.25, -0.2) is 4.57 Å². The predicted octanol–water partition coefficient (Wildman–Crippen LogP) is 22.2. The fourth-order valence-corrected chi connectivity index (χ4v) is 11.3.